The minimum Gasteiger partial charge on any atom is -0.464 e. The molecule has 1 aliphatic heterocycles. The van der Waals surface area contributed by atoms with Crippen molar-refractivity contribution in [2.45, 2.75) is 52.3 Å². The quantitative estimate of drug-likeness (QED) is 0.322. The Morgan fingerprint density at radius 3 is 2.78 bits per heavy atom. The first-order chi connectivity index (χ1) is 17.2. The number of anilines is 1. The summed E-state index contributed by atoms with van der Waals surface area (Å²) in [4.78, 5) is 33.4. The molecule has 8 nitrogen and oxygen atoms in total. The van der Waals surface area contributed by atoms with Crippen molar-refractivity contribution in [2.24, 2.45) is 0 Å². The smallest absolute Gasteiger partial charge is 0.416 e. The van der Waals surface area contributed by atoms with Gasteiger partial charge in [0.25, 0.3) is 0 Å². The van der Waals surface area contributed by atoms with Crippen molar-refractivity contribution in [3.05, 3.63) is 66.1 Å². The fourth-order valence-electron chi connectivity index (χ4n) is 4.27. The van der Waals surface area contributed by atoms with Gasteiger partial charge in [0.1, 0.15) is 17.0 Å². The summed E-state index contributed by atoms with van der Waals surface area (Å²) in [5, 5.41) is 1.08. The van der Waals surface area contributed by atoms with Gasteiger partial charge in [0, 0.05) is 37.3 Å². The van der Waals surface area contributed by atoms with E-state index in [1.807, 2.05) is 39.0 Å². The van der Waals surface area contributed by atoms with Gasteiger partial charge in [-0.2, -0.15) is 0 Å². The van der Waals surface area contributed by atoms with Crippen LogP contribution in [0.25, 0.3) is 17.0 Å². The molecule has 0 aliphatic carbocycles. The van der Waals surface area contributed by atoms with Crippen LogP contribution >= 0.6 is 0 Å². The number of likely N-dealkylation sites (tertiary alicyclic amines) is 1. The van der Waals surface area contributed by atoms with Crippen LogP contribution in [0.2, 0.25) is 0 Å². The first-order valence-corrected chi connectivity index (χ1v) is 12.2. The first-order valence-electron chi connectivity index (χ1n) is 12.2. The van der Waals surface area contributed by atoms with Gasteiger partial charge >= 0.3 is 12.1 Å². The van der Waals surface area contributed by atoms with Crippen LogP contribution in [0, 0.1) is 0 Å². The number of nitrogens with zero attached hydrogens (tertiary/aromatic N) is 3. The summed E-state index contributed by atoms with van der Waals surface area (Å²) >= 11 is 0. The van der Waals surface area contributed by atoms with E-state index in [1.54, 1.807) is 36.4 Å². The van der Waals surface area contributed by atoms with Gasteiger partial charge in [0.05, 0.1) is 18.9 Å². The van der Waals surface area contributed by atoms with Crippen LogP contribution in [0.5, 0.6) is 0 Å². The molecule has 0 N–H and O–H groups in total. The monoisotopic (exact) mass is 491 g/mol. The van der Waals surface area contributed by atoms with Gasteiger partial charge in [-0.1, -0.05) is 6.07 Å². The number of pyridine rings is 1. The maximum Gasteiger partial charge on any atom is 0.416 e. The topological polar surface area (TPSA) is 85.1 Å². The Balaban J connectivity index is 1.49. The van der Waals surface area contributed by atoms with Crippen LogP contribution in [0.15, 0.2) is 59.4 Å². The lowest BCUT2D eigenvalue weighted by Gasteiger charge is -2.31. The zero-order chi connectivity index (χ0) is 25.7. The van der Waals surface area contributed by atoms with E-state index in [0.717, 1.165) is 36.0 Å². The van der Waals surface area contributed by atoms with Crippen LogP contribution in [0.3, 0.4) is 0 Å². The van der Waals surface area contributed by atoms with Crippen LogP contribution in [-0.2, 0) is 20.8 Å². The Kier molecular flexibility index (Phi) is 7.74. The van der Waals surface area contributed by atoms with Gasteiger partial charge in [-0.3, -0.25) is 9.80 Å². The van der Waals surface area contributed by atoms with Crippen molar-refractivity contribution in [1.82, 2.24) is 9.88 Å². The number of aromatic nitrogens is 1. The Morgan fingerprint density at radius 1 is 1.22 bits per heavy atom. The zero-order valence-electron chi connectivity index (χ0n) is 21.3. The third-order valence-corrected chi connectivity index (χ3v) is 5.84. The van der Waals surface area contributed by atoms with Gasteiger partial charge in [0.15, 0.2) is 0 Å². The third kappa shape index (κ3) is 6.51. The molecule has 1 fully saturated rings. The van der Waals surface area contributed by atoms with Gasteiger partial charge < -0.3 is 13.9 Å². The largest absolute Gasteiger partial charge is 0.464 e. The number of rotatable bonds is 7. The minimum absolute atomic E-state index is 0.0778. The molecule has 0 unspecified atom stereocenters. The van der Waals surface area contributed by atoms with Crippen molar-refractivity contribution in [1.29, 1.82) is 0 Å². The van der Waals surface area contributed by atoms with Crippen LogP contribution in [-0.4, -0.2) is 53.3 Å². The summed E-state index contributed by atoms with van der Waals surface area (Å²) in [5.74, 6) is 0.110. The molecule has 0 saturated carbocycles. The fourth-order valence-corrected chi connectivity index (χ4v) is 4.27. The molecule has 0 bridgehead atoms. The highest BCUT2D eigenvalue weighted by atomic mass is 16.6. The second-order valence-electron chi connectivity index (χ2n) is 9.86. The number of carbonyl (C=O) groups excluding carboxylic acids is 2. The van der Waals surface area contributed by atoms with E-state index in [1.165, 1.54) is 11.6 Å². The summed E-state index contributed by atoms with van der Waals surface area (Å²) in [7, 11) is 0. The highest BCUT2D eigenvalue weighted by molar-refractivity contribution is 5.88. The van der Waals surface area contributed by atoms with Gasteiger partial charge in [0.2, 0.25) is 0 Å². The summed E-state index contributed by atoms with van der Waals surface area (Å²) < 4.78 is 16.1. The molecular weight excluding hydrogens is 458 g/mol. The average Bonchev–Trinajstić information content (AvgIpc) is 3.47. The maximum atomic E-state index is 13.3. The molecule has 1 aliphatic rings. The molecule has 4 rings (SSSR count). The number of benzene rings is 1. The SMILES string of the molecule is CCOC(=O)C=Cc1ccc(N(C(=O)OC(C)(C)C)[C@@H]2CCN(Cc3ccc4occc4c3)C2)nc1. The zero-order valence-corrected chi connectivity index (χ0v) is 21.3. The summed E-state index contributed by atoms with van der Waals surface area (Å²) in [6, 6.07) is 11.7. The lowest BCUT2D eigenvalue weighted by atomic mass is 10.1. The normalized spacial score (nSPS) is 16.5. The minimum atomic E-state index is -0.629. The van der Waals surface area contributed by atoms with E-state index >= 15 is 0 Å². The van der Waals surface area contributed by atoms with E-state index < -0.39 is 17.7 Å². The molecule has 0 spiro atoms. The molecule has 36 heavy (non-hydrogen) atoms. The van der Waals surface area contributed by atoms with Gasteiger partial charge in [-0.25, -0.2) is 14.6 Å². The summed E-state index contributed by atoms with van der Waals surface area (Å²) in [5.41, 5.74) is 2.18. The number of esters is 1. The molecule has 1 atom stereocenters. The molecule has 8 heteroatoms. The number of ether oxygens (including phenoxy) is 2. The van der Waals surface area contributed by atoms with E-state index in [4.69, 9.17) is 13.9 Å². The van der Waals surface area contributed by atoms with E-state index in [2.05, 4.69) is 22.0 Å². The fraction of sp³-hybridized carbons (Fsp3) is 0.393. The van der Waals surface area contributed by atoms with Crippen molar-refractivity contribution in [2.75, 3.05) is 24.6 Å². The molecule has 1 amide bonds. The predicted octanol–water partition coefficient (Wildman–Crippen LogP) is 5.42. The van der Waals surface area contributed by atoms with Gasteiger partial charge in [-0.15, -0.1) is 0 Å². The second kappa shape index (κ2) is 11.0. The number of hydrogen-bond donors (Lipinski definition) is 0. The van der Waals surface area contributed by atoms with Crippen LogP contribution < -0.4 is 4.90 Å². The van der Waals surface area contributed by atoms with Crippen molar-refractivity contribution in [3.8, 4) is 0 Å². The van der Waals surface area contributed by atoms with Gasteiger partial charge in [-0.05, 0) is 81.7 Å². The maximum absolute atomic E-state index is 13.3. The molecular formula is C28H33N3O5. The molecule has 190 valence electrons. The van der Waals surface area contributed by atoms with E-state index in [9.17, 15) is 9.59 Å². The van der Waals surface area contributed by atoms with E-state index in [-0.39, 0.29) is 6.04 Å². The lowest BCUT2D eigenvalue weighted by Crippen LogP contribution is -2.45. The first kappa shape index (κ1) is 25.4. The highest BCUT2D eigenvalue weighted by Crippen LogP contribution is 2.26. The molecule has 1 saturated heterocycles. The summed E-state index contributed by atoms with van der Waals surface area (Å²) in [6.07, 6.45) is 6.72. The molecule has 1 aromatic carbocycles. The molecule has 3 aromatic rings. The second-order valence-corrected chi connectivity index (χ2v) is 9.86. The Bertz CT molecular complexity index is 1230. The third-order valence-electron chi connectivity index (χ3n) is 5.84. The Labute approximate surface area is 211 Å². The number of hydrogen-bond acceptors (Lipinski definition) is 7. The molecule has 0 radical (unpaired) electrons. The van der Waals surface area contributed by atoms with E-state index in [0.29, 0.717) is 19.0 Å². The Hall–Kier alpha value is -3.65. The van der Waals surface area contributed by atoms with Crippen molar-refractivity contribution >= 4 is 34.9 Å². The Morgan fingerprint density at radius 2 is 2.06 bits per heavy atom. The summed E-state index contributed by atoms with van der Waals surface area (Å²) in [6.45, 7) is 9.98. The average molecular weight is 492 g/mol. The lowest BCUT2D eigenvalue weighted by molar-refractivity contribution is -0.137. The standard InChI is InChI=1S/C28H33N3O5/c1-5-34-26(32)11-8-20-7-10-25(29-17-20)31(27(33)36-28(2,3)4)23-12-14-30(19-23)18-21-6-9-24-22(16-21)13-15-35-24/h6-11,13,15-17,23H,5,12,14,18-19H2,1-4H3/t23-/m1/s1. The van der Waals surface area contributed by atoms with Crippen molar-refractivity contribution in [3.63, 3.8) is 0 Å². The number of carbonyl (C=O) groups is 2. The predicted molar refractivity (Wildman–Crippen MR) is 139 cm³/mol. The molecule has 3 heterocycles. The number of fused-ring (bicyclic) bond motifs is 1. The van der Waals surface area contributed by atoms with Crippen molar-refractivity contribution < 1.29 is 23.5 Å². The van der Waals surface area contributed by atoms with Crippen LogP contribution in [0.1, 0.15) is 45.2 Å². The van der Waals surface area contributed by atoms with Crippen LogP contribution in [0.4, 0.5) is 10.6 Å². The highest BCUT2D eigenvalue weighted by Gasteiger charge is 2.35. The molecule has 2 aromatic heterocycles. The number of furan rings is 1. The number of amides is 1.